The molecular weight excluding hydrogens is 304 g/mol. The maximum atomic E-state index is 12.3. The molecule has 2 N–H and O–H groups in total. The number of hydrogen-bond acceptors (Lipinski definition) is 4. The summed E-state index contributed by atoms with van der Waals surface area (Å²) < 4.78 is 0. The molecule has 0 saturated carbocycles. The fourth-order valence-corrected chi connectivity index (χ4v) is 2.79. The number of amides is 2. The molecule has 0 aliphatic carbocycles. The molecule has 132 valence electrons. The second-order valence-corrected chi connectivity index (χ2v) is 6.19. The standard InChI is InChI=1S/C18H28N4O2/c1-4-17(23)19-15-6-7-16(14(3)12-15)20-18(24)13-22-10-8-21(5-2)9-11-22/h6-7,12H,4-5,8-11,13H2,1-3H3,(H,19,23)(H,20,24). The number of nitrogens with zero attached hydrogens (tertiary/aromatic N) is 2. The molecule has 1 saturated heterocycles. The van der Waals surface area contributed by atoms with E-state index in [1.165, 1.54) is 0 Å². The van der Waals surface area contributed by atoms with Crippen LogP contribution < -0.4 is 10.6 Å². The third-order valence-corrected chi connectivity index (χ3v) is 4.38. The monoisotopic (exact) mass is 332 g/mol. The Labute approximate surface area is 144 Å². The number of aryl methyl sites for hydroxylation is 1. The SMILES string of the molecule is CCC(=O)Nc1ccc(NC(=O)CN2CCN(CC)CC2)c(C)c1. The van der Waals surface area contributed by atoms with Crippen LogP contribution in [0.4, 0.5) is 11.4 Å². The Hall–Kier alpha value is -1.92. The van der Waals surface area contributed by atoms with Gasteiger partial charge in [0.1, 0.15) is 0 Å². The van der Waals surface area contributed by atoms with E-state index >= 15 is 0 Å². The highest BCUT2D eigenvalue weighted by Crippen LogP contribution is 2.20. The fraction of sp³-hybridized carbons (Fsp3) is 0.556. The first-order chi connectivity index (χ1) is 11.5. The lowest BCUT2D eigenvalue weighted by Gasteiger charge is -2.33. The summed E-state index contributed by atoms with van der Waals surface area (Å²) in [4.78, 5) is 28.3. The summed E-state index contributed by atoms with van der Waals surface area (Å²) in [6.07, 6.45) is 0.447. The minimum Gasteiger partial charge on any atom is -0.326 e. The second kappa shape index (κ2) is 8.80. The van der Waals surface area contributed by atoms with Crippen molar-refractivity contribution in [3.8, 4) is 0 Å². The van der Waals surface area contributed by atoms with Gasteiger partial charge in [0.25, 0.3) is 0 Å². The average molecular weight is 332 g/mol. The van der Waals surface area contributed by atoms with E-state index in [4.69, 9.17) is 0 Å². The smallest absolute Gasteiger partial charge is 0.238 e. The summed E-state index contributed by atoms with van der Waals surface area (Å²) in [6.45, 7) is 11.3. The van der Waals surface area contributed by atoms with Gasteiger partial charge in [-0.25, -0.2) is 0 Å². The van der Waals surface area contributed by atoms with Gasteiger partial charge >= 0.3 is 0 Å². The van der Waals surface area contributed by atoms with Crippen molar-refractivity contribution in [2.45, 2.75) is 27.2 Å². The summed E-state index contributed by atoms with van der Waals surface area (Å²) in [7, 11) is 0. The van der Waals surface area contributed by atoms with Crippen LogP contribution in [-0.2, 0) is 9.59 Å². The maximum absolute atomic E-state index is 12.3. The molecule has 24 heavy (non-hydrogen) atoms. The lowest BCUT2D eigenvalue weighted by molar-refractivity contribution is -0.118. The van der Waals surface area contributed by atoms with E-state index in [1.807, 2.05) is 32.0 Å². The molecule has 1 aliphatic heterocycles. The number of carbonyl (C=O) groups is 2. The summed E-state index contributed by atoms with van der Waals surface area (Å²) in [5.41, 5.74) is 2.49. The number of hydrogen-bond donors (Lipinski definition) is 2. The predicted octanol–water partition coefficient (Wildman–Crippen LogP) is 1.92. The van der Waals surface area contributed by atoms with Crippen LogP contribution >= 0.6 is 0 Å². The van der Waals surface area contributed by atoms with Gasteiger partial charge in [-0.1, -0.05) is 13.8 Å². The molecule has 1 aromatic carbocycles. The van der Waals surface area contributed by atoms with Crippen LogP contribution in [0, 0.1) is 6.92 Å². The number of rotatable bonds is 6. The van der Waals surface area contributed by atoms with Gasteiger partial charge in [0.15, 0.2) is 0 Å². The predicted molar refractivity (Wildman–Crippen MR) is 97.3 cm³/mol. The molecule has 2 rings (SSSR count). The fourth-order valence-electron chi connectivity index (χ4n) is 2.79. The first-order valence-corrected chi connectivity index (χ1v) is 8.66. The molecular formula is C18H28N4O2. The summed E-state index contributed by atoms with van der Waals surface area (Å²) >= 11 is 0. The van der Waals surface area contributed by atoms with E-state index in [9.17, 15) is 9.59 Å². The molecule has 0 bridgehead atoms. The highest BCUT2D eigenvalue weighted by Gasteiger charge is 2.18. The summed E-state index contributed by atoms with van der Waals surface area (Å²) in [5, 5.41) is 5.79. The zero-order valence-corrected chi connectivity index (χ0v) is 14.9. The van der Waals surface area contributed by atoms with Crippen molar-refractivity contribution in [1.29, 1.82) is 0 Å². The van der Waals surface area contributed by atoms with E-state index in [0.29, 0.717) is 13.0 Å². The molecule has 0 unspecified atom stereocenters. The number of carbonyl (C=O) groups excluding carboxylic acids is 2. The van der Waals surface area contributed by atoms with Crippen LogP contribution in [-0.4, -0.2) is 60.9 Å². The quantitative estimate of drug-likeness (QED) is 0.835. The highest BCUT2D eigenvalue weighted by atomic mass is 16.2. The van der Waals surface area contributed by atoms with E-state index in [1.54, 1.807) is 0 Å². The van der Waals surface area contributed by atoms with Crippen LogP contribution in [0.3, 0.4) is 0 Å². The Morgan fingerprint density at radius 1 is 1.00 bits per heavy atom. The molecule has 1 heterocycles. The molecule has 1 fully saturated rings. The van der Waals surface area contributed by atoms with E-state index in [0.717, 1.165) is 49.7 Å². The third-order valence-electron chi connectivity index (χ3n) is 4.38. The van der Waals surface area contributed by atoms with Gasteiger partial charge in [-0.05, 0) is 37.2 Å². The Balaban J connectivity index is 1.86. The lowest BCUT2D eigenvalue weighted by atomic mass is 10.1. The van der Waals surface area contributed by atoms with Gasteiger partial charge in [-0.3, -0.25) is 14.5 Å². The molecule has 1 aliphatic rings. The zero-order chi connectivity index (χ0) is 17.5. The van der Waals surface area contributed by atoms with Gasteiger partial charge < -0.3 is 15.5 Å². The Bertz CT molecular complexity index is 580. The topological polar surface area (TPSA) is 64.7 Å². The van der Waals surface area contributed by atoms with E-state index < -0.39 is 0 Å². The molecule has 2 amide bonds. The molecule has 0 radical (unpaired) electrons. The first kappa shape index (κ1) is 18.4. The van der Waals surface area contributed by atoms with Gasteiger partial charge in [0, 0.05) is 44.0 Å². The third kappa shape index (κ3) is 5.32. The second-order valence-electron chi connectivity index (χ2n) is 6.19. The van der Waals surface area contributed by atoms with Crippen molar-refractivity contribution in [3.63, 3.8) is 0 Å². The largest absolute Gasteiger partial charge is 0.326 e. The Morgan fingerprint density at radius 2 is 1.67 bits per heavy atom. The van der Waals surface area contributed by atoms with Crippen molar-refractivity contribution in [1.82, 2.24) is 9.80 Å². The minimum absolute atomic E-state index is 0.00777. The van der Waals surface area contributed by atoms with Gasteiger partial charge in [0.2, 0.25) is 11.8 Å². The number of likely N-dealkylation sites (N-methyl/N-ethyl adjacent to an activating group) is 1. The summed E-state index contributed by atoms with van der Waals surface area (Å²) in [6, 6.07) is 5.53. The Kier molecular flexibility index (Phi) is 6.75. The van der Waals surface area contributed by atoms with Crippen molar-refractivity contribution in [3.05, 3.63) is 23.8 Å². The van der Waals surface area contributed by atoms with Crippen LogP contribution in [0.2, 0.25) is 0 Å². The van der Waals surface area contributed by atoms with Crippen molar-refractivity contribution in [2.24, 2.45) is 0 Å². The first-order valence-electron chi connectivity index (χ1n) is 8.66. The maximum Gasteiger partial charge on any atom is 0.238 e. The zero-order valence-electron chi connectivity index (χ0n) is 14.9. The number of benzene rings is 1. The molecule has 6 nitrogen and oxygen atoms in total. The van der Waals surface area contributed by atoms with Crippen LogP contribution in [0.25, 0.3) is 0 Å². The molecule has 0 aromatic heterocycles. The summed E-state index contributed by atoms with van der Waals surface area (Å²) in [5.74, 6) is -0.00852. The minimum atomic E-state index is -0.0163. The van der Waals surface area contributed by atoms with Gasteiger partial charge in [-0.15, -0.1) is 0 Å². The van der Waals surface area contributed by atoms with Crippen molar-refractivity contribution < 1.29 is 9.59 Å². The highest BCUT2D eigenvalue weighted by molar-refractivity contribution is 5.94. The number of piperazine rings is 1. The van der Waals surface area contributed by atoms with E-state index in [2.05, 4.69) is 27.4 Å². The number of anilines is 2. The van der Waals surface area contributed by atoms with Gasteiger partial charge in [-0.2, -0.15) is 0 Å². The molecule has 1 aromatic rings. The van der Waals surface area contributed by atoms with Crippen molar-refractivity contribution >= 4 is 23.2 Å². The molecule has 0 spiro atoms. The van der Waals surface area contributed by atoms with Crippen LogP contribution in [0.1, 0.15) is 25.8 Å². The van der Waals surface area contributed by atoms with Crippen LogP contribution in [0.5, 0.6) is 0 Å². The molecule has 0 atom stereocenters. The van der Waals surface area contributed by atoms with Crippen molar-refractivity contribution in [2.75, 3.05) is 49.9 Å². The van der Waals surface area contributed by atoms with E-state index in [-0.39, 0.29) is 11.8 Å². The number of nitrogens with one attached hydrogen (secondary N) is 2. The lowest BCUT2D eigenvalue weighted by Crippen LogP contribution is -2.48. The Morgan fingerprint density at radius 3 is 2.25 bits per heavy atom. The molecule has 6 heteroatoms. The van der Waals surface area contributed by atoms with Gasteiger partial charge in [0.05, 0.1) is 6.54 Å². The van der Waals surface area contributed by atoms with Crippen LogP contribution in [0.15, 0.2) is 18.2 Å². The average Bonchev–Trinajstić information content (AvgIpc) is 2.58. The normalized spacial score (nSPS) is 16.0.